The molecule has 17 heavy (non-hydrogen) atoms. The van der Waals surface area contributed by atoms with Gasteiger partial charge in [0.15, 0.2) is 0 Å². The summed E-state index contributed by atoms with van der Waals surface area (Å²) in [6.07, 6.45) is 3.05. The molecule has 96 valence electrons. The minimum atomic E-state index is 0.560. The van der Waals surface area contributed by atoms with Crippen LogP contribution in [0.3, 0.4) is 0 Å². The summed E-state index contributed by atoms with van der Waals surface area (Å²) in [5.74, 6) is 0. The lowest BCUT2D eigenvalue weighted by atomic mass is 10.2. The monoisotopic (exact) mass is 255 g/mol. The molecule has 1 aromatic heterocycles. The summed E-state index contributed by atoms with van der Waals surface area (Å²) in [7, 11) is 4.22. The largest absolute Gasteiger partial charge is 0.309 e. The molecule has 0 aliphatic rings. The molecule has 0 fully saturated rings. The number of halogens is 1. The summed E-state index contributed by atoms with van der Waals surface area (Å²) < 4.78 is 0. The first-order valence-electron chi connectivity index (χ1n) is 6.09. The van der Waals surface area contributed by atoms with Gasteiger partial charge in [-0.1, -0.05) is 24.6 Å². The summed E-state index contributed by atoms with van der Waals surface area (Å²) in [5, 5.41) is 0.560. The Labute approximate surface area is 109 Å². The van der Waals surface area contributed by atoms with Gasteiger partial charge in [0.2, 0.25) is 0 Å². The molecule has 0 spiro atoms. The zero-order valence-electron chi connectivity index (χ0n) is 11.0. The van der Waals surface area contributed by atoms with Crippen LogP contribution < -0.4 is 0 Å². The molecule has 1 rings (SSSR count). The summed E-state index contributed by atoms with van der Waals surface area (Å²) in [6, 6.07) is 3.90. The zero-order chi connectivity index (χ0) is 12.7. The fraction of sp³-hybridized carbons (Fsp3) is 0.615. The lowest BCUT2D eigenvalue weighted by molar-refractivity contribution is 0.259. The van der Waals surface area contributed by atoms with Crippen molar-refractivity contribution < 1.29 is 0 Å². The summed E-state index contributed by atoms with van der Waals surface area (Å²) in [4.78, 5) is 8.75. The van der Waals surface area contributed by atoms with Crippen molar-refractivity contribution in [3.05, 3.63) is 29.0 Å². The predicted octanol–water partition coefficient (Wildman–Crippen LogP) is 2.51. The average Bonchev–Trinajstić information content (AvgIpc) is 2.30. The minimum absolute atomic E-state index is 0.560. The third-order valence-electron chi connectivity index (χ3n) is 2.72. The van der Waals surface area contributed by atoms with E-state index < -0.39 is 0 Å². The van der Waals surface area contributed by atoms with Crippen molar-refractivity contribution in [1.82, 2.24) is 14.8 Å². The Balaban J connectivity index is 2.38. The highest BCUT2D eigenvalue weighted by atomic mass is 35.5. The van der Waals surface area contributed by atoms with E-state index in [2.05, 4.69) is 35.8 Å². The second-order valence-electron chi connectivity index (χ2n) is 4.51. The van der Waals surface area contributed by atoms with Crippen LogP contribution >= 0.6 is 11.6 Å². The van der Waals surface area contributed by atoms with Crippen molar-refractivity contribution in [2.45, 2.75) is 19.9 Å². The van der Waals surface area contributed by atoms with Crippen molar-refractivity contribution in [1.29, 1.82) is 0 Å². The quantitative estimate of drug-likeness (QED) is 0.698. The van der Waals surface area contributed by atoms with Crippen molar-refractivity contribution in [3.8, 4) is 0 Å². The number of pyridine rings is 1. The van der Waals surface area contributed by atoms with E-state index in [9.17, 15) is 0 Å². The van der Waals surface area contributed by atoms with Crippen LogP contribution in [-0.4, -0.2) is 48.5 Å². The van der Waals surface area contributed by atoms with E-state index in [4.69, 9.17) is 11.6 Å². The lowest BCUT2D eigenvalue weighted by Gasteiger charge is -2.21. The second-order valence-corrected chi connectivity index (χ2v) is 4.90. The van der Waals surface area contributed by atoms with Crippen LogP contribution in [0.5, 0.6) is 0 Å². The van der Waals surface area contributed by atoms with Crippen LogP contribution in [-0.2, 0) is 6.54 Å². The Morgan fingerprint density at radius 1 is 1.24 bits per heavy atom. The van der Waals surface area contributed by atoms with Crippen LogP contribution in [0.1, 0.15) is 18.9 Å². The number of aromatic nitrogens is 1. The van der Waals surface area contributed by atoms with Gasteiger partial charge in [-0.15, -0.1) is 0 Å². The smallest absolute Gasteiger partial charge is 0.129 e. The molecule has 0 atom stereocenters. The van der Waals surface area contributed by atoms with Gasteiger partial charge in [-0.05, 0) is 51.8 Å². The molecule has 1 heterocycles. The van der Waals surface area contributed by atoms with Gasteiger partial charge in [0.25, 0.3) is 0 Å². The maximum absolute atomic E-state index is 5.77. The topological polar surface area (TPSA) is 19.4 Å². The molecule has 0 radical (unpaired) electrons. The second kappa shape index (κ2) is 7.64. The highest BCUT2D eigenvalue weighted by Gasteiger charge is 2.04. The SMILES string of the molecule is CCN(CCCN(C)C)Cc1ccc(Cl)nc1. The molecule has 0 aliphatic heterocycles. The Morgan fingerprint density at radius 2 is 2.00 bits per heavy atom. The maximum atomic E-state index is 5.77. The first-order valence-corrected chi connectivity index (χ1v) is 6.47. The number of hydrogen-bond acceptors (Lipinski definition) is 3. The van der Waals surface area contributed by atoms with E-state index in [1.54, 1.807) is 0 Å². The average molecular weight is 256 g/mol. The maximum Gasteiger partial charge on any atom is 0.129 e. The molecule has 0 aliphatic carbocycles. The first kappa shape index (κ1) is 14.4. The molecular formula is C13H22ClN3. The van der Waals surface area contributed by atoms with E-state index in [0.29, 0.717) is 5.15 Å². The van der Waals surface area contributed by atoms with E-state index >= 15 is 0 Å². The normalized spacial score (nSPS) is 11.4. The Hall–Kier alpha value is -0.640. The highest BCUT2D eigenvalue weighted by molar-refractivity contribution is 6.29. The molecular weight excluding hydrogens is 234 g/mol. The van der Waals surface area contributed by atoms with Gasteiger partial charge in [0.1, 0.15) is 5.15 Å². The zero-order valence-corrected chi connectivity index (χ0v) is 11.7. The molecule has 0 bridgehead atoms. The molecule has 0 saturated heterocycles. The van der Waals surface area contributed by atoms with Crippen LogP contribution in [0.2, 0.25) is 5.15 Å². The van der Waals surface area contributed by atoms with Crippen molar-refractivity contribution in [3.63, 3.8) is 0 Å². The number of nitrogens with zero attached hydrogens (tertiary/aromatic N) is 3. The van der Waals surface area contributed by atoms with E-state index in [0.717, 1.165) is 26.2 Å². The van der Waals surface area contributed by atoms with Gasteiger partial charge >= 0.3 is 0 Å². The van der Waals surface area contributed by atoms with Gasteiger partial charge in [-0.3, -0.25) is 4.90 Å². The van der Waals surface area contributed by atoms with Crippen LogP contribution in [0.4, 0.5) is 0 Å². The number of hydrogen-bond donors (Lipinski definition) is 0. The fourth-order valence-electron chi connectivity index (χ4n) is 1.72. The van der Waals surface area contributed by atoms with Gasteiger partial charge in [0, 0.05) is 12.7 Å². The first-order chi connectivity index (χ1) is 8.11. The van der Waals surface area contributed by atoms with Crippen LogP contribution in [0, 0.1) is 0 Å². The highest BCUT2D eigenvalue weighted by Crippen LogP contribution is 2.08. The van der Waals surface area contributed by atoms with E-state index in [1.807, 2.05) is 18.3 Å². The van der Waals surface area contributed by atoms with E-state index in [-0.39, 0.29) is 0 Å². The summed E-state index contributed by atoms with van der Waals surface area (Å²) in [6.45, 7) is 6.47. The summed E-state index contributed by atoms with van der Waals surface area (Å²) in [5.41, 5.74) is 1.22. The van der Waals surface area contributed by atoms with Crippen molar-refractivity contribution >= 4 is 11.6 Å². The molecule has 0 N–H and O–H groups in total. The van der Waals surface area contributed by atoms with Gasteiger partial charge in [-0.25, -0.2) is 4.98 Å². The Morgan fingerprint density at radius 3 is 2.53 bits per heavy atom. The Kier molecular flexibility index (Phi) is 6.48. The van der Waals surface area contributed by atoms with Gasteiger partial charge in [-0.2, -0.15) is 0 Å². The fourth-order valence-corrected chi connectivity index (χ4v) is 1.83. The van der Waals surface area contributed by atoms with Crippen molar-refractivity contribution in [2.24, 2.45) is 0 Å². The van der Waals surface area contributed by atoms with Gasteiger partial charge in [0.05, 0.1) is 0 Å². The predicted molar refractivity (Wildman–Crippen MR) is 73.4 cm³/mol. The standard InChI is InChI=1S/C13H22ClN3/c1-4-17(9-5-8-16(2)3)11-12-6-7-13(14)15-10-12/h6-7,10H,4-5,8-9,11H2,1-3H3. The molecule has 3 nitrogen and oxygen atoms in total. The lowest BCUT2D eigenvalue weighted by Crippen LogP contribution is -2.26. The third kappa shape index (κ3) is 6.01. The Bertz CT molecular complexity index is 311. The molecule has 4 heteroatoms. The van der Waals surface area contributed by atoms with Crippen LogP contribution in [0.15, 0.2) is 18.3 Å². The minimum Gasteiger partial charge on any atom is -0.309 e. The number of rotatable bonds is 7. The molecule has 0 unspecified atom stereocenters. The molecule has 0 saturated carbocycles. The van der Waals surface area contributed by atoms with Crippen LogP contribution in [0.25, 0.3) is 0 Å². The molecule has 0 amide bonds. The molecule has 1 aromatic rings. The van der Waals surface area contributed by atoms with E-state index in [1.165, 1.54) is 12.0 Å². The van der Waals surface area contributed by atoms with Gasteiger partial charge < -0.3 is 4.90 Å². The van der Waals surface area contributed by atoms with Crippen molar-refractivity contribution in [2.75, 3.05) is 33.7 Å². The molecule has 0 aromatic carbocycles. The third-order valence-corrected chi connectivity index (χ3v) is 2.95. The summed E-state index contributed by atoms with van der Waals surface area (Å²) >= 11 is 5.77.